The molecule has 0 aliphatic heterocycles. The molecule has 0 aromatic heterocycles. The maximum atomic E-state index is 12.7. The fourth-order valence-electron chi connectivity index (χ4n) is 2.69. The third-order valence-corrected chi connectivity index (χ3v) is 4.17. The van der Waals surface area contributed by atoms with Crippen LogP contribution < -0.4 is 10.1 Å². The van der Waals surface area contributed by atoms with E-state index in [1.165, 1.54) is 12.1 Å². The number of carbonyl (C=O) groups excluding carboxylic acids is 1. The van der Waals surface area contributed by atoms with Gasteiger partial charge in [-0.15, -0.1) is 0 Å². The zero-order valence-electron chi connectivity index (χ0n) is 14.1. The highest BCUT2D eigenvalue weighted by Gasteiger charge is 2.18. The molecule has 3 rings (SSSR count). The lowest BCUT2D eigenvalue weighted by molar-refractivity contribution is -0.0498. The number of alkyl halides is 2. The molecular formula is C21H16ClF2NO2. The molecule has 1 atom stereocenters. The Labute approximate surface area is 160 Å². The highest BCUT2D eigenvalue weighted by molar-refractivity contribution is 6.30. The van der Waals surface area contributed by atoms with Gasteiger partial charge >= 0.3 is 6.61 Å². The molecule has 3 aromatic rings. The molecule has 0 heterocycles. The first-order chi connectivity index (χ1) is 13.0. The maximum Gasteiger partial charge on any atom is 0.387 e. The van der Waals surface area contributed by atoms with Crippen LogP contribution in [0.1, 0.15) is 27.5 Å². The van der Waals surface area contributed by atoms with Gasteiger partial charge in [0, 0.05) is 10.6 Å². The van der Waals surface area contributed by atoms with Crippen LogP contribution in [0.5, 0.6) is 5.75 Å². The number of benzene rings is 3. The summed E-state index contributed by atoms with van der Waals surface area (Å²) < 4.78 is 29.1. The van der Waals surface area contributed by atoms with Crippen LogP contribution in [0.15, 0.2) is 78.9 Å². The normalized spacial score (nSPS) is 11.9. The number of rotatable bonds is 6. The first kappa shape index (κ1) is 18.9. The van der Waals surface area contributed by atoms with E-state index in [1.54, 1.807) is 36.4 Å². The van der Waals surface area contributed by atoms with Crippen LogP contribution in [0.4, 0.5) is 8.78 Å². The van der Waals surface area contributed by atoms with E-state index >= 15 is 0 Å². The Morgan fingerprint density at radius 2 is 1.56 bits per heavy atom. The molecule has 27 heavy (non-hydrogen) atoms. The van der Waals surface area contributed by atoms with E-state index in [0.29, 0.717) is 10.6 Å². The van der Waals surface area contributed by atoms with E-state index in [2.05, 4.69) is 10.1 Å². The second kappa shape index (κ2) is 8.64. The Kier molecular flexibility index (Phi) is 6.04. The molecule has 0 aliphatic carbocycles. The molecule has 0 aliphatic rings. The lowest BCUT2D eigenvalue weighted by Gasteiger charge is -2.20. The lowest BCUT2D eigenvalue weighted by Crippen LogP contribution is -2.29. The van der Waals surface area contributed by atoms with Crippen LogP contribution in [-0.4, -0.2) is 12.5 Å². The summed E-state index contributed by atoms with van der Waals surface area (Å²) in [5.74, 6) is -0.235. The highest BCUT2D eigenvalue weighted by Crippen LogP contribution is 2.25. The van der Waals surface area contributed by atoms with Crippen LogP contribution in [0.25, 0.3) is 0 Å². The van der Waals surface area contributed by atoms with Crippen molar-refractivity contribution >= 4 is 17.5 Å². The van der Waals surface area contributed by atoms with Gasteiger partial charge in [0.05, 0.1) is 6.04 Å². The van der Waals surface area contributed by atoms with Gasteiger partial charge in [0.2, 0.25) is 0 Å². The fraction of sp³-hybridized carbons (Fsp3) is 0.0952. The van der Waals surface area contributed by atoms with Gasteiger partial charge in [-0.2, -0.15) is 8.78 Å². The van der Waals surface area contributed by atoms with Gasteiger partial charge in [0.25, 0.3) is 5.91 Å². The summed E-state index contributed by atoms with van der Waals surface area (Å²) in [7, 11) is 0. The maximum absolute atomic E-state index is 12.7. The van der Waals surface area contributed by atoms with E-state index < -0.39 is 12.7 Å². The third-order valence-electron chi connectivity index (χ3n) is 3.93. The molecule has 0 bridgehead atoms. The zero-order valence-corrected chi connectivity index (χ0v) is 14.9. The van der Waals surface area contributed by atoms with Crippen molar-refractivity contribution in [1.82, 2.24) is 5.32 Å². The average Bonchev–Trinajstić information content (AvgIpc) is 2.67. The van der Waals surface area contributed by atoms with E-state index in [4.69, 9.17) is 11.6 Å². The molecule has 0 saturated heterocycles. The van der Waals surface area contributed by atoms with Crippen LogP contribution >= 0.6 is 11.6 Å². The van der Waals surface area contributed by atoms with Crippen molar-refractivity contribution in [3.63, 3.8) is 0 Å². The monoisotopic (exact) mass is 387 g/mol. The molecule has 0 radical (unpaired) electrons. The van der Waals surface area contributed by atoms with Crippen molar-refractivity contribution < 1.29 is 18.3 Å². The smallest absolute Gasteiger partial charge is 0.387 e. The standard InChI is InChI=1S/C21H16ClF2NO2/c22-17-8-4-7-16(13-17)20(26)25-19(14-5-2-1-3-6-14)15-9-11-18(12-10-15)27-21(23)24/h1-13,19,21H,(H,25,26)/t19-/m1/s1. The van der Waals surface area contributed by atoms with Gasteiger partial charge in [0.15, 0.2) is 0 Å². The van der Waals surface area contributed by atoms with Crippen molar-refractivity contribution in [2.75, 3.05) is 0 Å². The molecular weight excluding hydrogens is 372 g/mol. The Bertz CT molecular complexity index is 902. The number of halogens is 3. The first-order valence-corrected chi connectivity index (χ1v) is 8.57. The van der Waals surface area contributed by atoms with Crippen molar-refractivity contribution in [1.29, 1.82) is 0 Å². The second-order valence-corrected chi connectivity index (χ2v) is 6.21. The molecule has 0 fully saturated rings. The summed E-state index contributed by atoms with van der Waals surface area (Å²) in [4.78, 5) is 12.7. The van der Waals surface area contributed by atoms with Gasteiger partial charge in [-0.25, -0.2) is 0 Å². The summed E-state index contributed by atoms with van der Waals surface area (Å²) in [6.07, 6.45) is 0. The van der Waals surface area contributed by atoms with Gasteiger partial charge in [0.1, 0.15) is 5.75 Å². The minimum Gasteiger partial charge on any atom is -0.435 e. The molecule has 0 saturated carbocycles. The predicted octanol–water partition coefficient (Wildman–Crippen LogP) is 5.46. The van der Waals surface area contributed by atoms with Crippen LogP contribution in [0, 0.1) is 0 Å². The quantitative estimate of drug-likeness (QED) is 0.609. The van der Waals surface area contributed by atoms with Crippen LogP contribution in [0.2, 0.25) is 5.02 Å². The second-order valence-electron chi connectivity index (χ2n) is 5.78. The van der Waals surface area contributed by atoms with Gasteiger partial charge in [-0.1, -0.05) is 60.1 Å². The molecule has 138 valence electrons. The minimum absolute atomic E-state index is 0.0572. The third kappa shape index (κ3) is 5.05. The van der Waals surface area contributed by atoms with Crippen molar-refractivity contribution in [2.24, 2.45) is 0 Å². The number of hydrogen-bond acceptors (Lipinski definition) is 2. The van der Waals surface area contributed by atoms with Crippen LogP contribution in [0.3, 0.4) is 0 Å². The molecule has 3 aromatic carbocycles. The van der Waals surface area contributed by atoms with Gasteiger partial charge in [-0.05, 0) is 41.5 Å². The van der Waals surface area contributed by atoms with Crippen molar-refractivity contribution in [2.45, 2.75) is 12.7 Å². The number of ether oxygens (including phenoxy) is 1. The zero-order chi connectivity index (χ0) is 19.2. The fourth-order valence-corrected chi connectivity index (χ4v) is 2.88. The molecule has 6 heteroatoms. The van der Waals surface area contributed by atoms with Gasteiger partial charge in [-0.3, -0.25) is 4.79 Å². The summed E-state index contributed by atoms with van der Waals surface area (Å²) >= 11 is 5.96. The molecule has 3 nitrogen and oxygen atoms in total. The predicted molar refractivity (Wildman–Crippen MR) is 100 cm³/mol. The average molecular weight is 388 g/mol. The number of hydrogen-bond donors (Lipinski definition) is 1. The van der Waals surface area contributed by atoms with Gasteiger partial charge < -0.3 is 10.1 Å². The highest BCUT2D eigenvalue weighted by atomic mass is 35.5. The Morgan fingerprint density at radius 3 is 2.19 bits per heavy atom. The summed E-state index contributed by atoms with van der Waals surface area (Å²) in [6, 6.07) is 21.7. The van der Waals surface area contributed by atoms with E-state index in [0.717, 1.165) is 11.1 Å². The summed E-state index contributed by atoms with van der Waals surface area (Å²) in [5.41, 5.74) is 2.02. The van der Waals surface area contributed by atoms with Crippen molar-refractivity contribution in [3.05, 3.63) is 101 Å². The number of carbonyl (C=O) groups is 1. The van der Waals surface area contributed by atoms with Crippen LogP contribution in [-0.2, 0) is 0 Å². The minimum atomic E-state index is -2.89. The first-order valence-electron chi connectivity index (χ1n) is 8.19. The summed E-state index contributed by atoms with van der Waals surface area (Å²) in [5, 5.41) is 3.43. The van der Waals surface area contributed by atoms with Crippen molar-refractivity contribution in [3.8, 4) is 5.75 Å². The largest absolute Gasteiger partial charge is 0.435 e. The molecule has 1 amide bonds. The topological polar surface area (TPSA) is 38.3 Å². The van der Waals surface area contributed by atoms with E-state index in [1.807, 2.05) is 30.3 Å². The molecule has 1 N–H and O–H groups in total. The Balaban J connectivity index is 1.89. The molecule has 0 unspecified atom stereocenters. The summed E-state index contributed by atoms with van der Waals surface area (Å²) in [6.45, 7) is -2.89. The Morgan fingerprint density at radius 1 is 0.889 bits per heavy atom. The molecule has 0 spiro atoms. The number of nitrogens with one attached hydrogen (secondary N) is 1. The Hall–Kier alpha value is -2.92. The number of amides is 1. The van der Waals surface area contributed by atoms with E-state index in [9.17, 15) is 13.6 Å². The lowest BCUT2D eigenvalue weighted by atomic mass is 9.98. The van der Waals surface area contributed by atoms with E-state index in [-0.39, 0.29) is 11.7 Å². The SMILES string of the molecule is O=C(N[C@H](c1ccccc1)c1ccc(OC(F)F)cc1)c1cccc(Cl)c1.